The second-order valence-electron chi connectivity index (χ2n) is 6.71. The Morgan fingerprint density at radius 2 is 1.67 bits per heavy atom. The number of rotatable bonds is 3. The van der Waals surface area contributed by atoms with Crippen LogP contribution in [0.2, 0.25) is 0 Å². The van der Waals surface area contributed by atoms with Crippen LogP contribution in [-0.2, 0) is 16.0 Å². The van der Waals surface area contributed by atoms with Crippen LogP contribution in [0.4, 0.5) is 19.2 Å². The molecule has 0 aromatic carbocycles. The van der Waals surface area contributed by atoms with Gasteiger partial charge in [0.2, 0.25) is 11.8 Å². The lowest BCUT2D eigenvalue weighted by molar-refractivity contribution is -0.187. The fourth-order valence-corrected chi connectivity index (χ4v) is 3.40. The molecule has 2 aliphatic heterocycles. The van der Waals surface area contributed by atoms with Crippen molar-refractivity contribution in [2.75, 3.05) is 44.2 Å². The van der Waals surface area contributed by atoms with Crippen LogP contribution in [0.25, 0.3) is 0 Å². The number of aryl methyl sites for hydroxylation is 1. The summed E-state index contributed by atoms with van der Waals surface area (Å²) in [7, 11) is 0. The van der Waals surface area contributed by atoms with Crippen LogP contribution in [0.1, 0.15) is 25.7 Å². The summed E-state index contributed by atoms with van der Waals surface area (Å²) in [6, 6.07) is 0.443. The van der Waals surface area contributed by atoms with Crippen LogP contribution < -0.4 is 4.90 Å². The molecule has 2 saturated heterocycles. The highest BCUT2D eigenvalue weighted by molar-refractivity contribution is 5.83. The third-order valence-corrected chi connectivity index (χ3v) is 4.99. The second-order valence-corrected chi connectivity index (χ2v) is 6.71. The van der Waals surface area contributed by atoms with Crippen molar-refractivity contribution in [2.24, 2.45) is 5.92 Å². The second kappa shape index (κ2) is 7.73. The monoisotopic (exact) mass is 389 g/mol. The zero-order valence-electron chi connectivity index (χ0n) is 15.0. The molecule has 0 saturated carbocycles. The van der Waals surface area contributed by atoms with Gasteiger partial charge in [0.25, 0.3) is 0 Å². The van der Waals surface area contributed by atoms with Gasteiger partial charge in [-0.05, 0) is 12.8 Å². The van der Waals surface area contributed by atoms with Gasteiger partial charge in [-0.3, -0.25) is 9.59 Å². The number of piperidine rings is 1. The van der Waals surface area contributed by atoms with Gasteiger partial charge in [-0.15, -0.1) is 5.10 Å². The maximum absolute atomic E-state index is 12.7. The molecule has 3 rings (SSSR count). The molecule has 0 spiro atoms. The molecule has 8 nitrogen and oxygen atoms in total. The maximum atomic E-state index is 12.7. The minimum absolute atomic E-state index is 0.0451. The predicted molar refractivity (Wildman–Crippen MR) is 87.8 cm³/mol. The summed E-state index contributed by atoms with van der Waals surface area (Å²) in [4.78, 5) is 28.3. The van der Waals surface area contributed by atoms with E-state index in [9.17, 15) is 22.8 Å². The van der Waals surface area contributed by atoms with Crippen LogP contribution in [0, 0.1) is 5.92 Å². The minimum Gasteiger partial charge on any atom is -0.408 e. The van der Waals surface area contributed by atoms with E-state index in [1.54, 1.807) is 4.90 Å². The number of aromatic nitrogens is 2. The molecule has 0 radical (unpaired) electrons. The average molecular weight is 389 g/mol. The highest BCUT2D eigenvalue weighted by atomic mass is 19.4. The zero-order valence-corrected chi connectivity index (χ0v) is 15.0. The molecular formula is C16H22F3N5O3. The molecule has 1 aromatic heterocycles. The molecule has 0 aliphatic carbocycles. The first-order valence-corrected chi connectivity index (χ1v) is 9.01. The van der Waals surface area contributed by atoms with Crippen LogP contribution in [0.5, 0.6) is 0 Å². The van der Waals surface area contributed by atoms with Gasteiger partial charge >= 0.3 is 18.1 Å². The lowest BCUT2D eigenvalue weighted by Crippen LogP contribution is -2.52. The van der Waals surface area contributed by atoms with E-state index in [0.29, 0.717) is 44.5 Å². The highest BCUT2D eigenvalue weighted by Gasteiger charge is 2.44. The SMILES string of the molecule is CCc1nnc(N2CCN(C(=O)C3CCN(C(=O)C(F)(F)F)CC3)CC2)o1. The van der Waals surface area contributed by atoms with Crippen LogP contribution in [-0.4, -0.2) is 77.3 Å². The summed E-state index contributed by atoms with van der Waals surface area (Å²) in [5.74, 6) is -1.67. The predicted octanol–water partition coefficient (Wildman–Crippen LogP) is 1.08. The topological polar surface area (TPSA) is 82.8 Å². The van der Waals surface area contributed by atoms with Crippen LogP contribution in [0.15, 0.2) is 4.42 Å². The Balaban J connectivity index is 1.48. The van der Waals surface area contributed by atoms with Crippen molar-refractivity contribution in [1.82, 2.24) is 20.0 Å². The van der Waals surface area contributed by atoms with E-state index in [1.807, 2.05) is 11.8 Å². The number of hydrogen-bond acceptors (Lipinski definition) is 6. The number of piperazine rings is 1. The van der Waals surface area contributed by atoms with E-state index in [4.69, 9.17) is 4.42 Å². The Labute approximate surface area is 154 Å². The van der Waals surface area contributed by atoms with Crippen molar-refractivity contribution < 1.29 is 27.2 Å². The molecular weight excluding hydrogens is 367 g/mol. The van der Waals surface area contributed by atoms with E-state index in [2.05, 4.69) is 10.2 Å². The summed E-state index contributed by atoms with van der Waals surface area (Å²) in [6.07, 6.45) is -3.70. The van der Waals surface area contributed by atoms with E-state index in [1.165, 1.54) is 0 Å². The Kier molecular flexibility index (Phi) is 5.56. The fraction of sp³-hybridized carbons (Fsp3) is 0.750. The number of halogens is 3. The number of amides is 2. The Morgan fingerprint density at radius 1 is 1.04 bits per heavy atom. The first-order valence-electron chi connectivity index (χ1n) is 9.01. The normalized spacial score (nSPS) is 19.5. The number of hydrogen-bond donors (Lipinski definition) is 0. The summed E-state index contributed by atoms with van der Waals surface area (Å²) in [6.45, 7) is 3.92. The maximum Gasteiger partial charge on any atom is 0.471 e. The number of anilines is 1. The van der Waals surface area contributed by atoms with Crippen molar-refractivity contribution in [3.63, 3.8) is 0 Å². The average Bonchev–Trinajstić information content (AvgIpc) is 3.15. The highest BCUT2D eigenvalue weighted by Crippen LogP contribution is 2.25. The van der Waals surface area contributed by atoms with Gasteiger partial charge in [0.15, 0.2) is 0 Å². The minimum atomic E-state index is -4.86. The quantitative estimate of drug-likeness (QED) is 0.770. The molecule has 0 N–H and O–H groups in total. The number of carbonyl (C=O) groups is 2. The summed E-state index contributed by atoms with van der Waals surface area (Å²) in [5.41, 5.74) is 0. The smallest absolute Gasteiger partial charge is 0.408 e. The van der Waals surface area contributed by atoms with Gasteiger partial charge in [-0.2, -0.15) is 13.2 Å². The first-order chi connectivity index (χ1) is 12.8. The van der Waals surface area contributed by atoms with Crippen molar-refractivity contribution in [3.05, 3.63) is 5.89 Å². The van der Waals surface area contributed by atoms with Crippen molar-refractivity contribution in [3.8, 4) is 0 Å². The molecule has 3 heterocycles. The molecule has 2 fully saturated rings. The standard InChI is InChI=1S/C16H22F3N5O3/c1-2-12-20-21-15(27-12)24-9-7-22(8-10-24)13(25)11-3-5-23(6-4-11)14(26)16(17,18)19/h11H,2-10H2,1H3. The van der Waals surface area contributed by atoms with Crippen molar-refractivity contribution in [1.29, 1.82) is 0 Å². The number of alkyl halides is 3. The Morgan fingerprint density at radius 3 is 2.19 bits per heavy atom. The Hall–Kier alpha value is -2.33. The molecule has 2 amide bonds. The van der Waals surface area contributed by atoms with Gasteiger partial charge in [0.1, 0.15) is 0 Å². The van der Waals surface area contributed by atoms with Gasteiger partial charge in [-0.1, -0.05) is 12.0 Å². The van der Waals surface area contributed by atoms with Gasteiger partial charge in [0.05, 0.1) is 0 Å². The fourth-order valence-electron chi connectivity index (χ4n) is 3.40. The molecule has 11 heteroatoms. The molecule has 0 unspecified atom stereocenters. The molecule has 0 bridgehead atoms. The molecule has 150 valence electrons. The third kappa shape index (κ3) is 4.33. The zero-order chi connectivity index (χ0) is 19.6. The van der Waals surface area contributed by atoms with Crippen molar-refractivity contribution >= 4 is 17.8 Å². The van der Waals surface area contributed by atoms with Gasteiger partial charge < -0.3 is 19.1 Å². The molecule has 0 atom stereocenters. The van der Waals surface area contributed by atoms with E-state index in [0.717, 1.165) is 4.90 Å². The number of nitrogens with zero attached hydrogens (tertiary/aromatic N) is 5. The van der Waals surface area contributed by atoms with Crippen LogP contribution >= 0.6 is 0 Å². The third-order valence-electron chi connectivity index (χ3n) is 4.99. The number of carbonyl (C=O) groups excluding carboxylic acids is 2. The lowest BCUT2D eigenvalue weighted by Gasteiger charge is -2.38. The van der Waals surface area contributed by atoms with E-state index in [-0.39, 0.29) is 37.8 Å². The first kappa shape index (κ1) is 19.4. The van der Waals surface area contributed by atoms with E-state index >= 15 is 0 Å². The lowest BCUT2D eigenvalue weighted by atomic mass is 9.95. The largest absolute Gasteiger partial charge is 0.471 e. The van der Waals surface area contributed by atoms with Gasteiger partial charge in [-0.25, -0.2) is 0 Å². The molecule has 27 heavy (non-hydrogen) atoms. The molecule has 2 aliphatic rings. The molecule has 1 aromatic rings. The van der Waals surface area contributed by atoms with Crippen molar-refractivity contribution in [2.45, 2.75) is 32.4 Å². The van der Waals surface area contributed by atoms with E-state index < -0.39 is 12.1 Å². The van der Waals surface area contributed by atoms with Crippen LogP contribution in [0.3, 0.4) is 0 Å². The Bertz CT molecular complexity index is 677. The number of likely N-dealkylation sites (tertiary alicyclic amines) is 1. The summed E-state index contributed by atoms with van der Waals surface area (Å²) >= 11 is 0. The van der Waals surface area contributed by atoms with Gasteiger partial charge in [0, 0.05) is 51.6 Å². The summed E-state index contributed by atoms with van der Waals surface area (Å²) in [5, 5.41) is 7.92. The summed E-state index contributed by atoms with van der Waals surface area (Å²) < 4.78 is 43.0.